The highest BCUT2D eigenvalue weighted by molar-refractivity contribution is 6.30. The van der Waals surface area contributed by atoms with Crippen molar-refractivity contribution >= 4 is 23.3 Å². The first-order valence-corrected chi connectivity index (χ1v) is 10.1. The molecule has 0 radical (unpaired) electrons. The molecule has 0 bridgehead atoms. The van der Waals surface area contributed by atoms with Gasteiger partial charge in [0, 0.05) is 49.4 Å². The lowest BCUT2D eigenvalue weighted by molar-refractivity contribution is 0.0767. The molecule has 2 aromatic heterocycles. The molecule has 150 valence electrons. The zero-order valence-corrected chi connectivity index (χ0v) is 17.0. The van der Waals surface area contributed by atoms with Crippen LogP contribution in [0.3, 0.4) is 0 Å². The van der Waals surface area contributed by atoms with Gasteiger partial charge in [-0.25, -0.2) is 4.98 Å². The molecule has 8 heteroatoms. The van der Waals surface area contributed by atoms with Gasteiger partial charge in [0.2, 0.25) is 0 Å². The molecule has 1 aliphatic rings. The van der Waals surface area contributed by atoms with E-state index in [-0.39, 0.29) is 5.91 Å². The molecule has 0 saturated carbocycles. The summed E-state index contributed by atoms with van der Waals surface area (Å²) in [6, 6.07) is 10.8. The number of benzene rings is 1. The van der Waals surface area contributed by atoms with Crippen molar-refractivity contribution in [3.63, 3.8) is 0 Å². The fourth-order valence-corrected chi connectivity index (χ4v) is 3.56. The first kappa shape index (κ1) is 19.4. The van der Waals surface area contributed by atoms with Gasteiger partial charge < -0.3 is 14.3 Å². The van der Waals surface area contributed by atoms with Crippen LogP contribution < -0.4 is 4.90 Å². The van der Waals surface area contributed by atoms with E-state index in [2.05, 4.69) is 20.0 Å². The molecule has 1 saturated heterocycles. The summed E-state index contributed by atoms with van der Waals surface area (Å²) in [5.74, 6) is 1.97. The fourth-order valence-electron chi connectivity index (χ4n) is 3.43. The van der Waals surface area contributed by atoms with Gasteiger partial charge in [0.05, 0.1) is 5.56 Å². The maximum absolute atomic E-state index is 12.8. The minimum Gasteiger partial charge on any atom is -0.354 e. The van der Waals surface area contributed by atoms with E-state index in [1.54, 1.807) is 30.5 Å². The molecule has 1 aliphatic heterocycles. The highest BCUT2D eigenvalue weighted by atomic mass is 35.5. The van der Waals surface area contributed by atoms with Crippen molar-refractivity contribution in [3.05, 3.63) is 59.0 Å². The van der Waals surface area contributed by atoms with Crippen LogP contribution in [0.5, 0.6) is 0 Å². The van der Waals surface area contributed by atoms with Crippen molar-refractivity contribution in [3.8, 4) is 11.5 Å². The molecule has 7 nitrogen and oxygen atoms in total. The number of amides is 1. The molecule has 0 spiro atoms. The van der Waals surface area contributed by atoms with Gasteiger partial charge in [0.25, 0.3) is 11.8 Å². The van der Waals surface area contributed by atoms with Crippen LogP contribution >= 0.6 is 11.6 Å². The third kappa shape index (κ3) is 4.24. The molecule has 4 rings (SSSR count). The number of hydrogen-bond acceptors (Lipinski definition) is 6. The van der Waals surface area contributed by atoms with E-state index in [1.165, 1.54) is 0 Å². The number of pyridine rings is 1. The molecule has 3 aromatic rings. The Balaban J connectivity index is 1.52. The molecule has 29 heavy (non-hydrogen) atoms. The van der Waals surface area contributed by atoms with Gasteiger partial charge in [-0.1, -0.05) is 23.7 Å². The Morgan fingerprint density at radius 2 is 1.97 bits per heavy atom. The number of carbonyl (C=O) groups is 1. The minimum absolute atomic E-state index is 0.0225. The number of rotatable bonds is 4. The van der Waals surface area contributed by atoms with Crippen LogP contribution in [0.25, 0.3) is 11.5 Å². The monoisotopic (exact) mass is 411 g/mol. The van der Waals surface area contributed by atoms with Crippen molar-refractivity contribution < 1.29 is 9.32 Å². The Labute approximate surface area is 174 Å². The van der Waals surface area contributed by atoms with Crippen LogP contribution in [-0.2, 0) is 6.42 Å². The largest absolute Gasteiger partial charge is 0.354 e. The van der Waals surface area contributed by atoms with Gasteiger partial charge in [-0.15, -0.1) is 0 Å². The van der Waals surface area contributed by atoms with E-state index in [0.717, 1.165) is 24.3 Å². The Morgan fingerprint density at radius 1 is 1.14 bits per heavy atom. The van der Waals surface area contributed by atoms with E-state index >= 15 is 0 Å². The Morgan fingerprint density at radius 3 is 2.72 bits per heavy atom. The smallest absolute Gasteiger partial charge is 0.261 e. The summed E-state index contributed by atoms with van der Waals surface area (Å²) in [5.41, 5.74) is 1.47. The fraction of sp³-hybridized carbons (Fsp3) is 0.333. The maximum atomic E-state index is 12.8. The molecule has 3 heterocycles. The Hall–Kier alpha value is -2.93. The zero-order chi connectivity index (χ0) is 20.2. The van der Waals surface area contributed by atoms with Gasteiger partial charge >= 0.3 is 0 Å². The van der Waals surface area contributed by atoms with Crippen LogP contribution in [0.4, 0.5) is 5.82 Å². The first-order valence-electron chi connectivity index (χ1n) is 9.73. The molecule has 1 aromatic carbocycles. The Bertz CT molecular complexity index is 989. The van der Waals surface area contributed by atoms with Crippen LogP contribution in [0.1, 0.15) is 29.5 Å². The highest BCUT2D eigenvalue weighted by Crippen LogP contribution is 2.28. The molecule has 0 N–H and O–H groups in total. The van der Waals surface area contributed by atoms with Crippen molar-refractivity contribution in [2.75, 3.05) is 31.1 Å². The summed E-state index contributed by atoms with van der Waals surface area (Å²) >= 11 is 5.94. The minimum atomic E-state index is 0.0225. The number of nitrogens with zero attached hydrogens (tertiary/aromatic N) is 5. The van der Waals surface area contributed by atoms with Gasteiger partial charge in [-0.3, -0.25) is 4.79 Å². The van der Waals surface area contributed by atoms with Gasteiger partial charge in [0.15, 0.2) is 5.82 Å². The van der Waals surface area contributed by atoms with E-state index in [1.807, 2.05) is 24.0 Å². The van der Waals surface area contributed by atoms with E-state index in [4.69, 9.17) is 16.1 Å². The zero-order valence-electron chi connectivity index (χ0n) is 16.2. The lowest BCUT2D eigenvalue weighted by atomic mass is 10.2. The summed E-state index contributed by atoms with van der Waals surface area (Å²) in [7, 11) is 0. The molecule has 0 aliphatic carbocycles. The van der Waals surface area contributed by atoms with E-state index in [9.17, 15) is 4.79 Å². The lowest BCUT2D eigenvalue weighted by Crippen LogP contribution is -2.35. The molecule has 0 atom stereocenters. The number of aromatic nitrogens is 3. The molecular formula is C21H22ClN5O2. The number of aryl methyl sites for hydroxylation is 1. The number of halogens is 1. The average molecular weight is 412 g/mol. The summed E-state index contributed by atoms with van der Waals surface area (Å²) in [6.45, 7) is 4.77. The predicted molar refractivity (Wildman–Crippen MR) is 111 cm³/mol. The van der Waals surface area contributed by atoms with Gasteiger partial charge in [-0.05, 0) is 42.8 Å². The van der Waals surface area contributed by atoms with Gasteiger partial charge in [0.1, 0.15) is 5.82 Å². The van der Waals surface area contributed by atoms with Crippen LogP contribution in [0.2, 0.25) is 5.02 Å². The van der Waals surface area contributed by atoms with Crippen molar-refractivity contribution in [1.82, 2.24) is 20.0 Å². The average Bonchev–Trinajstić information content (AvgIpc) is 3.10. The second-order valence-electron chi connectivity index (χ2n) is 6.88. The molecule has 1 fully saturated rings. The normalized spacial score (nSPS) is 14.7. The second kappa shape index (κ2) is 8.61. The first-order chi connectivity index (χ1) is 14.2. The predicted octanol–water partition coefficient (Wildman–Crippen LogP) is 3.70. The molecule has 1 amide bonds. The third-order valence-electron chi connectivity index (χ3n) is 4.98. The third-order valence-corrected chi connectivity index (χ3v) is 5.23. The summed E-state index contributed by atoms with van der Waals surface area (Å²) in [6.07, 6.45) is 3.32. The van der Waals surface area contributed by atoms with Crippen LogP contribution in [0.15, 0.2) is 47.1 Å². The van der Waals surface area contributed by atoms with E-state index in [0.29, 0.717) is 48.4 Å². The second-order valence-corrected chi connectivity index (χ2v) is 7.32. The van der Waals surface area contributed by atoms with Crippen molar-refractivity contribution in [2.24, 2.45) is 0 Å². The lowest BCUT2D eigenvalue weighted by Gasteiger charge is -2.24. The van der Waals surface area contributed by atoms with Crippen molar-refractivity contribution in [2.45, 2.75) is 19.8 Å². The maximum Gasteiger partial charge on any atom is 0.261 e. The number of anilines is 1. The molecular weight excluding hydrogens is 390 g/mol. The summed E-state index contributed by atoms with van der Waals surface area (Å²) < 4.78 is 5.43. The highest BCUT2D eigenvalue weighted by Gasteiger charge is 2.24. The number of carbonyl (C=O) groups excluding carboxylic acids is 1. The standard InChI is InChI=1S/C21H22ClN5O2/c1-2-18-24-20(29-25-18)17-5-3-10-23-19(17)26-11-4-12-27(14-13-26)21(28)15-6-8-16(22)9-7-15/h3,5-10H,2,4,11-14H2,1H3. The van der Waals surface area contributed by atoms with Crippen molar-refractivity contribution in [1.29, 1.82) is 0 Å². The van der Waals surface area contributed by atoms with E-state index < -0.39 is 0 Å². The van der Waals surface area contributed by atoms with Crippen LogP contribution in [0, 0.1) is 0 Å². The number of hydrogen-bond donors (Lipinski definition) is 0. The van der Waals surface area contributed by atoms with Gasteiger partial charge in [-0.2, -0.15) is 4.98 Å². The summed E-state index contributed by atoms with van der Waals surface area (Å²) in [4.78, 5) is 25.9. The quantitative estimate of drug-likeness (QED) is 0.651. The Kier molecular flexibility index (Phi) is 5.76. The van der Waals surface area contributed by atoms with Crippen LogP contribution in [-0.4, -0.2) is 52.1 Å². The topological polar surface area (TPSA) is 75.4 Å². The summed E-state index contributed by atoms with van der Waals surface area (Å²) in [5, 5.41) is 4.62. The SMILES string of the molecule is CCc1noc(-c2cccnc2N2CCCN(C(=O)c3ccc(Cl)cc3)CC2)n1. The molecule has 0 unspecified atom stereocenters.